The maximum Gasteiger partial charge on any atom is 0.287 e. The maximum absolute atomic E-state index is 10.7. The largest absolute Gasteiger partial charge is 0.455 e. The second-order valence-corrected chi connectivity index (χ2v) is 3.34. The van der Waals surface area contributed by atoms with Crippen LogP contribution in [0.15, 0.2) is 16.5 Å². The number of hydrogen-bond donors (Lipinski definition) is 0. The van der Waals surface area contributed by atoms with Gasteiger partial charge in [-0.3, -0.25) is 9.69 Å². The second-order valence-electron chi connectivity index (χ2n) is 3.00. The van der Waals surface area contributed by atoms with Gasteiger partial charge in [0.1, 0.15) is 5.76 Å². The molecule has 0 aliphatic heterocycles. The van der Waals surface area contributed by atoms with E-state index in [0.29, 0.717) is 0 Å². The molecule has 0 atom stereocenters. The van der Waals surface area contributed by atoms with Crippen molar-refractivity contribution < 1.29 is 9.21 Å². The Morgan fingerprint density at radius 2 is 2.00 bits per heavy atom. The molecule has 0 radical (unpaired) electrons. The molecule has 0 spiro atoms. The number of halogens is 2. The van der Waals surface area contributed by atoms with Gasteiger partial charge in [-0.1, -0.05) is 13.8 Å². The molecule has 0 aliphatic rings. The van der Waals surface area contributed by atoms with Crippen LogP contribution in [-0.2, 0) is 6.54 Å². The third-order valence-corrected chi connectivity index (χ3v) is 2.32. The summed E-state index contributed by atoms with van der Waals surface area (Å²) in [7, 11) is 0. The molecule has 15 heavy (non-hydrogen) atoms. The molecule has 1 heterocycles. The second kappa shape index (κ2) is 6.88. The summed E-state index contributed by atoms with van der Waals surface area (Å²) in [5.41, 5.74) is 0. The van der Waals surface area contributed by atoms with Gasteiger partial charge in [-0.05, 0) is 36.8 Å². The van der Waals surface area contributed by atoms with Gasteiger partial charge in [0.25, 0.3) is 5.24 Å². The van der Waals surface area contributed by atoms with Crippen LogP contribution in [0.3, 0.4) is 0 Å². The van der Waals surface area contributed by atoms with Gasteiger partial charge < -0.3 is 4.42 Å². The summed E-state index contributed by atoms with van der Waals surface area (Å²) in [6, 6.07) is 3.39. The van der Waals surface area contributed by atoms with E-state index < -0.39 is 5.24 Å². The van der Waals surface area contributed by atoms with E-state index in [2.05, 4.69) is 18.7 Å². The SMILES string of the molecule is CCN(CC)Cc1ccc(C(=O)Cl)o1.Cl. The topological polar surface area (TPSA) is 33.5 Å². The van der Waals surface area contributed by atoms with Crippen LogP contribution in [0.5, 0.6) is 0 Å². The molecule has 3 nitrogen and oxygen atoms in total. The third kappa shape index (κ3) is 4.24. The molecule has 5 heteroatoms. The predicted molar refractivity (Wildman–Crippen MR) is 62.8 cm³/mol. The Morgan fingerprint density at radius 1 is 1.40 bits per heavy atom. The third-order valence-electron chi connectivity index (χ3n) is 2.13. The van der Waals surface area contributed by atoms with E-state index in [1.165, 1.54) is 0 Å². The van der Waals surface area contributed by atoms with Crippen molar-refractivity contribution >= 4 is 29.3 Å². The van der Waals surface area contributed by atoms with Crippen molar-refractivity contribution in [3.05, 3.63) is 23.7 Å². The average molecular weight is 252 g/mol. The summed E-state index contributed by atoms with van der Waals surface area (Å²) in [5, 5.41) is -0.546. The van der Waals surface area contributed by atoms with Crippen LogP contribution in [0.1, 0.15) is 30.2 Å². The zero-order valence-corrected chi connectivity index (χ0v) is 10.4. The molecule has 0 bridgehead atoms. The summed E-state index contributed by atoms with van der Waals surface area (Å²) in [5.74, 6) is 0.992. The van der Waals surface area contributed by atoms with Crippen LogP contribution < -0.4 is 0 Å². The normalized spacial score (nSPS) is 10.1. The molecule has 0 fully saturated rings. The Labute approximate surface area is 101 Å². The number of carbonyl (C=O) groups is 1. The highest BCUT2D eigenvalue weighted by molar-refractivity contribution is 6.67. The molecular weight excluding hydrogens is 237 g/mol. The molecule has 0 saturated carbocycles. The van der Waals surface area contributed by atoms with E-state index in [-0.39, 0.29) is 18.2 Å². The first-order chi connectivity index (χ1) is 6.67. The first-order valence-corrected chi connectivity index (χ1v) is 5.06. The number of furan rings is 1. The average Bonchev–Trinajstić information content (AvgIpc) is 2.62. The van der Waals surface area contributed by atoms with E-state index in [4.69, 9.17) is 16.0 Å². The zero-order chi connectivity index (χ0) is 10.6. The molecule has 86 valence electrons. The van der Waals surface area contributed by atoms with Crippen molar-refractivity contribution in [1.82, 2.24) is 4.90 Å². The van der Waals surface area contributed by atoms with Gasteiger partial charge in [-0.25, -0.2) is 0 Å². The molecule has 1 aromatic heterocycles. The number of carbonyl (C=O) groups excluding carboxylic acids is 1. The lowest BCUT2D eigenvalue weighted by Gasteiger charge is -2.15. The van der Waals surface area contributed by atoms with E-state index in [9.17, 15) is 4.79 Å². The lowest BCUT2D eigenvalue weighted by molar-refractivity contribution is 0.105. The van der Waals surface area contributed by atoms with Crippen molar-refractivity contribution in [3.63, 3.8) is 0 Å². The molecule has 0 saturated heterocycles. The fraction of sp³-hybridized carbons (Fsp3) is 0.500. The zero-order valence-electron chi connectivity index (χ0n) is 8.83. The fourth-order valence-corrected chi connectivity index (χ4v) is 1.34. The molecule has 0 N–H and O–H groups in total. The monoisotopic (exact) mass is 251 g/mol. The molecular formula is C10H15Cl2NO2. The van der Waals surface area contributed by atoms with E-state index in [0.717, 1.165) is 25.4 Å². The highest BCUT2D eigenvalue weighted by atomic mass is 35.5. The van der Waals surface area contributed by atoms with Gasteiger partial charge in [0.2, 0.25) is 0 Å². The summed E-state index contributed by atoms with van der Waals surface area (Å²) in [6.45, 7) is 6.81. The summed E-state index contributed by atoms with van der Waals surface area (Å²) in [4.78, 5) is 12.9. The fourth-order valence-electron chi connectivity index (χ4n) is 1.24. The summed E-state index contributed by atoms with van der Waals surface area (Å²) < 4.78 is 5.26. The lowest BCUT2D eigenvalue weighted by atomic mass is 10.4. The molecule has 0 amide bonds. The smallest absolute Gasteiger partial charge is 0.287 e. The van der Waals surface area contributed by atoms with Crippen LogP contribution >= 0.6 is 24.0 Å². The lowest BCUT2D eigenvalue weighted by Crippen LogP contribution is -2.21. The quantitative estimate of drug-likeness (QED) is 0.755. The van der Waals surface area contributed by atoms with Gasteiger partial charge in [0.05, 0.1) is 6.54 Å². The molecule has 0 aliphatic carbocycles. The number of nitrogens with zero attached hydrogens (tertiary/aromatic N) is 1. The van der Waals surface area contributed by atoms with Crippen molar-refractivity contribution in [2.24, 2.45) is 0 Å². The number of rotatable bonds is 5. The Morgan fingerprint density at radius 3 is 2.40 bits per heavy atom. The van der Waals surface area contributed by atoms with Crippen molar-refractivity contribution in [1.29, 1.82) is 0 Å². The maximum atomic E-state index is 10.7. The minimum absolute atomic E-state index is 0. The van der Waals surface area contributed by atoms with Crippen LogP contribution in [-0.4, -0.2) is 23.2 Å². The van der Waals surface area contributed by atoms with E-state index in [1.807, 2.05) is 0 Å². The van der Waals surface area contributed by atoms with E-state index in [1.54, 1.807) is 12.1 Å². The minimum atomic E-state index is -0.546. The van der Waals surface area contributed by atoms with Crippen LogP contribution in [0.25, 0.3) is 0 Å². The first-order valence-electron chi connectivity index (χ1n) is 4.68. The Hall–Kier alpha value is -0.510. The summed E-state index contributed by atoms with van der Waals surface area (Å²) in [6.07, 6.45) is 0. The van der Waals surface area contributed by atoms with Crippen molar-refractivity contribution in [3.8, 4) is 0 Å². The van der Waals surface area contributed by atoms with Gasteiger partial charge >= 0.3 is 0 Å². The van der Waals surface area contributed by atoms with Gasteiger partial charge in [0.15, 0.2) is 5.76 Å². The standard InChI is InChI=1S/C10H14ClNO2.ClH/c1-3-12(4-2)7-8-5-6-9(14-8)10(11)13;/h5-6H,3-4,7H2,1-2H3;1H. The Kier molecular flexibility index (Phi) is 6.65. The van der Waals surface area contributed by atoms with Gasteiger partial charge in [-0.2, -0.15) is 0 Å². The molecule has 0 aromatic carbocycles. The number of hydrogen-bond acceptors (Lipinski definition) is 3. The molecule has 1 aromatic rings. The predicted octanol–water partition coefficient (Wildman–Crippen LogP) is 2.92. The Bertz CT molecular complexity index is 308. The Balaban J connectivity index is 0.00000196. The van der Waals surface area contributed by atoms with Crippen LogP contribution in [0.2, 0.25) is 0 Å². The molecule has 1 rings (SSSR count). The van der Waals surface area contributed by atoms with Crippen LogP contribution in [0.4, 0.5) is 0 Å². The highest BCUT2D eigenvalue weighted by Gasteiger charge is 2.09. The summed E-state index contributed by atoms with van der Waals surface area (Å²) >= 11 is 5.27. The van der Waals surface area contributed by atoms with E-state index >= 15 is 0 Å². The van der Waals surface area contributed by atoms with Gasteiger partial charge in [0, 0.05) is 0 Å². The minimum Gasteiger partial charge on any atom is -0.455 e. The first kappa shape index (κ1) is 14.5. The van der Waals surface area contributed by atoms with Crippen molar-refractivity contribution in [2.45, 2.75) is 20.4 Å². The van der Waals surface area contributed by atoms with Crippen LogP contribution in [0, 0.1) is 0 Å². The molecule has 0 unspecified atom stereocenters. The van der Waals surface area contributed by atoms with Gasteiger partial charge in [-0.15, -0.1) is 12.4 Å². The van der Waals surface area contributed by atoms with Crippen molar-refractivity contribution in [2.75, 3.05) is 13.1 Å². The highest BCUT2D eigenvalue weighted by Crippen LogP contribution is 2.12.